The van der Waals surface area contributed by atoms with E-state index in [1.54, 1.807) is 10.5 Å². The van der Waals surface area contributed by atoms with Gasteiger partial charge in [0.1, 0.15) is 11.6 Å². The first-order valence-electron chi connectivity index (χ1n) is 8.90. The van der Waals surface area contributed by atoms with Crippen molar-refractivity contribution in [2.45, 2.75) is 25.9 Å². The number of anilines is 1. The molecule has 29 heavy (non-hydrogen) atoms. The van der Waals surface area contributed by atoms with Crippen LogP contribution in [0.5, 0.6) is 5.75 Å². The van der Waals surface area contributed by atoms with Crippen LogP contribution in [0.1, 0.15) is 17.1 Å². The molecule has 0 radical (unpaired) electrons. The monoisotopic (exact) mass is 414 g/mol. The summed E-state index contributed by atoms with van der Waals surface area (Å²) >= 11 is 1.23. The number of hydrogen-bond donors (Lipinski definition) is 2. The molecule has 9 nitrogen and oxygen atoms in total. The number of hydrogen-bond acceptors (Lipinski definition) is 7. The van der Waals surface area contributed by atoms with E-state index >= 15 is 0 Å². The van der Waals surface area contributed by atoms with Gasteiger partial charge in [0.2, 0.25) is 11.8 Å². The summed E-state index contributed by atoms with van der Waals surface area (Å²) < 4.78 is 7.03. The summed E-state index contributed by atoms with van der Waals surface area (Å²) in [4.78, 5) is 28.7. The Morgan fingerprint density at radius 1 is 1.14 bits per heavy atom. The number of nitrogens with one attached hydrogen (secondary N) is 2. The second-order valence-corrected chi connectivity index (χ2v) is 7.38. The molecule has 0 aliphatic carbocycles. The number of aryl methyl sites for hydroxylation is 3. The van der Waals surface area contributed by atoms with E-state index in [-0.39, 0.29) is 24.1 Å². The molecule has 2 N–H and O–H groups in total. The van der Waals surface area contributed by atoms with Crippen LogP contribution < -0.4 is 15.4 Å². The predicted molar refractivity (Wildman–Crippen MR) is 110 cm³/mol. The highest BCUT2D eigenvalue weighted by molar-refractivity contribution is 7.99. The van der Waals surface area contributed by atoms with Gasteiger partial charge in [0.15, 0.2) is 10.8 Å². The zero-order valence-corrected chi connectivity index (χ0v) is 17.5. The Balaban J connectivity index is 1.53. The van der Waals surface area contributed by atoms with Gasteiger partial charge in [-0.05, 0) is 38.5 Å². The van der Waals surface area contributed by atoms with Crippen molar-refractivity contribution in [1.82, 2.24) is 24.9 Å². The van der Waals surface area contributed by atoms with E-state index in [4.69, 9.17) is 4.74 Å². The zero-order chi connectivity index (χ0) is 21.0. The molecule has 3 aromatic rings. The smallest absolute Gasteiger partial charge is 0.243 e. The molecule has 0 spiro atoms. The Bertz CT molecular complexity index is 1070. The Morgan fingerprint density at radius 2 is 1.93 bits per heavy atom. The number of carbonyl (C=O) groups is 2. The summed E-state index contributed by atoms with van der Waals surface area (Å²) in [5.74, 6) is 0.796. The zero-order valence-electron chi connectivity index (χ0n) is 16.6. The predicted octanol–water partition coefficient (Wildman–Crippen LogP) is 1.91. The van der Waals surface area contributed by atoms with E-state index in [0.717, 1.165) is 17.1 Å². The van der Waals surface area contributed by atoms with Crippen LogP contribution in [0.25, 0.3) is 5.65 Å². The third-order valence-corrected chi connectivity index (χ3v) is 4.99. The van der Waals surface area contributed by atoms with Crippen LogP contribution in [0.4, 0.5) is 5.69 Å². The van der Waals surface area contributed by atoms with Gasteiger partial charge in [-0.15, -0.1) is 10.2 Å². The maximum atomic E-state index is 12.2. The van der Waals surface area contributed by atoms with Gasteiger partial charge in [0.05, 0.1) is 25.1 Å². The molecule has 2 amide bonds. The molecule has 2 heterocycles. The molecule has 0 saturated heterocycles. The van der Waals surface area contributed by atoms with Crippen molar-refractivity contribution in [3.63, 3.8) is 0 Å². The maximum Gasteiger partial charge on any atom is 0.243 e. The van der Waals surface area contributed by atoms with Crippen molar-refractivity contribution in [3.05, 3.63) is 41.3 Å². The third kappa shape index (κ3) is 5.02. The normalized spacial score (nSPS) is 10.8. The van der Waals surface area contributed by atoms with Crippen LogP contribution >= 0.6 is 11.8 Å². The molecule has 2 aromatic heterocycles. The van der Waals surface area contributed by atoms with Crippen molar-refractivity contribution in [3.8, 4) is 5.75 Å². The summed E-state index contributed by atoms with van der Waals surface area (Å²) in [5.41, 5.74) is 3.09. The number of benzene rings is 1. The maximum absolute atomic E-state index is 12.2. The fourth-order valence-electron chi connectivity index (χ4n) is 2.77. The highest BCUT2D eigenvalue weighted by atomic mass is 32.2. The minimum Gasteiger partial charge on any atom is -0.495 e. The molecule has 0 atom stereocenters. The fourth-order valence-corrected chi connectivity index (χ4v) is 3.59. The van der Waals surface area contributed by atoms with Gasteiger partial charge >= 0.3 is 0 Å². The van der Waals surface area contributed by atoms with Gasteiger partial charge in [0, 0.05) is 11.8 Å². The number of ether oxygens (including phenoxy) is 1. The Hall–Kier alpha value is -3.14. The lowest BCUT2D eigenvalue weighted by molar-refractivity contribution is -0.122. The summed E-state index contributed by atoms with van der Waals surface area (Å²) in [6.07, 6.45) is 0. The molecule has 152 valence electrons. The van der Waals surface area contributed by atoms with Gasteiger partial charge in [0.25, 0.3) is 0 Å². The minimum absolute atomic E-state index is 0.106. The molecular formula is C19H22N6O3S. The summed E-state index contributed by atoms with van der Waals surface area (Å²) in [5, 5.41) is 14.1. The van der Waals surface area contributed by atoms with Gasteiger partial charge in [-0.25, -0.2) is 4.98 Å². The summed E-state index contributed by atoms with van der Waals surface area (Å²) in [6.45, 7) is 5.52. The van der Waals surface area contributed by atoms with Gasteiger partial charge in [-0.3, -0.25) is 14.0 Å². The fraction of sp³-hybridized carbons (Fsp3) is 0.316. The third-order valence-electron chi connectivity index (χ3n) is 4.07. The lowest BCUT2D eigenvalue weighted by atomic mass is 10.2. The van der Waals surface area contributed by atoms with Crippen LogP contribution in [0, 0.1) is 20.8 Å². The molecular weight excluding hydrogens is 392 g/mol. The second kappa shape index (κ2) is 8.91. The largest absolute Gasteiger partial charge is 0.495 e. The van der Waals surface area contributed by atoms with E-state index in [9.17, 15) is 9.59 Å². The highest BCUT2D eigenvalue weighted by Crippen LogP contribution is 2.25. The molecule has 0 saturated carbocycles. The molecule has 0 aliphatic heterocycles. The van der Waals surface area contributed by atoms with Crippen LogP contribution in [0.15, 0.2) is 29.4 Å². The SMILES string of the molecule is COc1ccc(C)cc1NC(=O)CNC(=O)CSc1nnc2cc(C)nc(C)n12. The highest BCUT2D eigenvalue weighted by Gasteiger charge is 2.13. The minimum atomic E-state index is -0.337. The lowest BCUT2D eigenvalue weighted by Gasteiger charge is -2.11. The van der Waals surface area contributed by atoms with E-state index in [1.165, 1.54) is 18.9 Å². The first-order chi connectivity index (χ1) is 13.9. The summed E-state index contributed by atoms with van der Waals surface area (Å²) in [6, 6.07) is 7.30. The van der Waals surface area contributed by atoms with Crippen molar-refractivity contribution in [2.75, 3.05) is 24.7 Å². The lowest BCUT2D eigenvalue weighted by Crippen LogP contribution is -2.34. The van der Waals surface area contributed by atoms with E-state index in [2.05, 4.69) is 25.8 Å². The van der Waals surface area contributed by atoms with Crippen LogP contribution in [-0.4, -0.2) is 50.8 Å². The van der Waals surface area contributed by atoms with Gasteiger partial charge in [-0.2, -0.15) is 0 Å². The molecule has 0 unspecified atom stereocenters. The number of methoxy groups -OCH3 is 1. The number of nitrogens with zero attached hydrogens (tertiary/aromatic N) is 4. The topological polar surface area (TPSA) is 111 Å². The molecule has 0 bridgehead atoms. The van der Waals surface area contributed by atoms with Crippen molar-refractivity contribution >= 4 is 34.9 Å². The number of carbonyl (C=O) groups excluding carboxylic acids is 2. The standard InChI is InChI=1S/C19H22N6O3S/c1-11-5-6-15(28-4)14(7-11)22-17(26)9-20-18(27)10-29-19-24-23-16-8-12(2)21-13(3)25(16)19/h5-8H,9-10H2,1-4H3,(H,20,27)(H,22,26). The van der Waals surface area contributed by atoms with E-state index in [1.807, 2.05) is 39.0 Å². The van der Waals surface area contributed by atoms with Crippen LogP contribution in [0.3, 0.4) is 0 Å². The molecule has 0 aliphatic rings. The van der Waals surface area contributed by atoms with Crippen LogP contribution in [-0.2, 0) is 9.59 Å². The Kier molecular flexibility index (Phi) is 6.32. The number of rotatable bonds is 7. The number of thioether (sulfide) groups is 1. The van der Waals surface area contributed by atoms with Crippen molar-refractivity contribution in [1.29, 1.82) is 0 Å². The molecule has 0 fully saturated rings. The van der Waals surface area contributed by atoms with Gasteiger partial charge < -0.3 is 15.4 Å². The average molecular weight is 414 g/mol. The first kappa shape index (κ1) is 20.6. The summed E-state index contributed by atoms with van der Waals surface area (Å²) in [7, 11) is 1.53. The molecule has 10 heteroatoms. The molecule has 1 aromatic carbocycles. The first-order valence-corrected chi connectivity index (χ1v) is 9.89. The number of fused-ring (bicyclic) bond motifs is 1. The van der Waals surface area contributed by atoms with Crippen LogP contribution in [0.2, 0.25) is 0 Å². The number of aromatic nitrogens is 4. The van der Waals surface area contributed by atoms with Crippen molar-refractivity contribution in [2.24, 2.45) is 0 Å². The quantitative estimate of drug-likeness (QED) is 0.568. The van der Waals surface area contributed by atoms with Crippen molar-refractivity contribution < 1.29 is 14.3 Å². The second-order valence-electron chi connectivity index (χ2n) is 6.44. The Morgan fingerprint density at radius 3 is 2.69 bits per heavy atom. The Labute approximate surface area is 172 Å². The average Bonchev–Trinajstić information content (AvgIpc) is 3.08. The van der Waals surface area contributed by atoms with E-state index in [0.29, 0.717) is 22.2 Å². The van der Waals surface area contributed by atoms with E-state index < -0.39 is 0 Å². The van der Waals surface area contributed by atoms with Gasteiger partial charge in [-0.1, -0.05) is 17.8 Å². The molecule has 3 rings (SSSR count). The number of amides is 2.